The lowest BCUT2D eigenvalue weighted by Gasteiger charge is -2.03. The fourth-order valence-corrected chi connectivity index (χ4v) is 1.69. The zero-order valence-electron chi connectivity index (χ0n) is 11.0. The summed E-state index contributed by atoms with van der Waals surface area (Å²) in [5.41, 5.74) is 11.9. The van der Waals surface area contributed by atoms with E-state index >= 15 is 0 Å². The summed E-state index contributed by atoms with van der Waals surface area (Å²) in [5.74, 6) is -0.131. The minimum absolute atomic E-state index is 0.104. The van der Waals surface area contributed by atoms with Crippen molar-refractivity contribution in [1.82, 2.24) is 15.0 Å². The van der Waals surface area contributed by atoms with E-state index in [2.05, 4.69) is 15.0 Å². The second-order valence-corrected chi connectivity index (χ2v) is 4.73. The molecule has 0 aliphatic heterocycles. The van der Waals surface area contributed by atoms with Crippen LogP contribution < -0.4 is 11.5 Å². The molecule has 2 rings (SSSR count). The molecule has 0 aliphatic carbocycles. The van der Waals surface area contributed by atoms with Gasteiger partial charge in [0.1, 0.15) is 5.82 Å². The summed E-state index contributed by atoms with van der Waals surface area (Å²) in [6.07, 6.45) is 0.466. The SMILES string of the molecule is CC(=O)O.Nc1nc(N)nc(Cc2ccc(Cl)c(Cl)c2)n1. The summed E-state index contributed by atoms with van der Waals surface area (Å²) in [5, 5.41) is 8.41. The molecular weight excluding hydrogens is 317 g/mol. The normalized spacial score (nSPS) is 9.67. The van der Waals surface area contributed by atoms with E-state index in [-0.39, 0.29) is 11.9 Å². The number of aromatic nitrogens is 3. The summed E-state index contributed by atoms with van der Waals surface area (Å²) < 4.78 is 0. The molecule has 0 aliphatic rings. The fourth-order valence-electron chi connectivity index (χ4n) is 1.37. The van der Waals surface area contributed by atoms with Crippen molar-refractivity contribution in [3.05, 3.63) is 39.6 Å². The van der Waals surface area contributed by atoms with Crippen molar-refractivity contribution in [1.29, 1.82) is 0 Å². The van der Waals surface area contributed by atoms with E-state index in [1.54, 1.807) is 12.1 Å². The van der Waals surface area contributed by atoms with Gasteiger partial charge in [-0.25, -0.2) is 0 Å². The molecule has 2 aromatic rings. The maximum Gasteiger partial charge on any atom is 0.300 e. The summed E-state index contributed by atoms with van der Waals surface area (Å²) in [7, 11) is 0. The van der Waals surface area contributed by atoms with Crippen LogP contribution in [0.2, 0.25) is 10.0 Å². The third-order valence-electron chi connectivity index (χ3n) is 2.06. The molecule has 1 aromatic heterocycles. The first-order chi connectivity index (χ1) is 9.77. The average Bonchev–Trinajstić information content (AvgIpc) is 2.32. The van der Waals surface area contributed by atoms with Crippen molar-refractivity contribution in [2.24, 2.45) is 0 Å². The lowest BCUT2D eigenvalue weighted by molar-refractivity contribution is -0.134. The minimum Gasteiger partial charge on any atom is -0.481 e. The molecular formula is C12H13Cl2N5O2. The Hall–Kier alpha value is -2.12. The zero-order valence-corrected chi connectivity index (χ0v) is 12.6. The van der Waals surface area contributed by atoms with Gasteiger partial charge in [-0.2, -0.15) is 15.0 Å². The van der Waals surface area contributed by atoms with Crippen LogP contribution in [-0.4, -0.2) is 26.0 Å². The first-order valence-electron chi connectivity index (χ1n) is 5.67. The van der Waals surface area contributed by atoms with Crippen molar-refractivity contribution in [2.75, 3.05) is 11.5 Å². The molecule has 0 bridgehead atoms. The number of benzene rings is 1. The van der Waals surface area contributed by atoms with Crippen LogP contribution in [0.4, 0.5) is 11.9 Å². The number of carboxylic acids is 1. The Kier molecular flexibility index (Phi) is 6.13. The maximum absolute atomic E-state index is 9.00. The lowest BCUT2D eigenvalue weighted by Crippen LogP contribution is -2.07. The lowest BCUT2D eigenvalue weighted by atomic mass is 10.1. The first kappa shape index (κ1) is 16.9. The molecule has 1 heterocycles. The maximum atomic E-state index is 9.00. The van der Waals surface area contributed by atoms with Crippen molar-refractivity contribution in [2.45, 2.75) is 13.3 Å². The highest BCUT2D eigenvalue weighted by atomic mass is 35.5. The second kappa shape index (κ2) is 7.61. The molecule has 0 fully saturated rings. The van der Waals surface area contributed by atoms with Crippen molar-refractivity contribution in [3.8, 4) is 0 Å². The number of carbonyl (C=O) groups is 1. The van der Waals surface area contributed by atoms with Gasteiger partial charge in [0.15, 0.2) is 0 Å². The number of nitrogens with two attached hydrogens (primary N) is 2. The Balaban J connectivity index is 0.000000491. The standard InChI is InChI=1S/C10H9Cl2N5.C2H4O2/c11-6-2-1-5(3-7(6)12)4-8-15-9(13)17-10(14)16-8;1-2(3)4/h1-3H,4H2,(H4,13,14,15,16,17);1H3,(H,3,4). The second-order valence-electron chi connectivity index (χ2n) is 3.91. The fraction of sp³-hybridized carbons (Fsp3) is 0.167. The molecule has 0 spiro atoms. The highest BCUT2D eigenvalue weighted by Gasteiger charge is 2.05. The smallest absolute Gasteiger partial charge is 0.300 e. The third-order valence-corrected chi connectivity index (χ3v) is 2.80. The van der Waals surface area contributed by atoms with Crippen LogP contribution in [0.3, 0.4) is 0 Å². The molecule has 0 atom stereocenters. The number of carboxylic acid groups (broad SMARTS) is 1. The van der Waals surface area contributed by atoms with Gasteiger partial charge in [0, 0.05) is 13.3 Å². The number of aliphatic carboxylic acids is 1. The predicted molar refractivity (Wildman–Crippen MR) is 81.2 cm³/mol. The minimum atomic E-state index is -0.833. The van der Waals surface area contributed by atoms with Gasteiger partial charge in [-0.3, -0.25) is 4.79 Å². The van der Waals surface area contributed by atoms with Crippen LogP contribution in [-0.2, 0) is 11.2 Å². The Morgan fingerprint density at radius 1 is 1.14 bits per heavy atom. The van der Waals surface area contributed by atoms with Crippen LogP contribution in [0.15, 0.2) is 18.2 Å². The van der Waals surface area contributed by atoms with Gasteiger partial charge in [-0.15, -0.1) is 0 Å². The zero-order chi connectivity index (χ0) is 16.0. The summed E-state index contributed by atoms with van der Waals surface area (Å²) in [6, 6.07) is 5.30. The third kappa shape index (κ3) is 6.24. The van der Waals surface area contributed by atoms with Crippen molar-refractivity contribution < 1.29 is 9.90 Å². The van der Waals surface area contributed by atoms with E-state index in [4.69, 9.17) is 44.6 Å². The van der Waals surface area contributed by atoms with Crippen LogP contribution in [0.1, 0.15) is 18.3 Å². The topological polar surface area (TPSA) is 128 Å². The van der Waals surface area contributed by atoms with Crippen LogP contribution in [0, 0.1) is 0 Å². The molecule has 0 saturated heterocycles. The predicted octanol–water partition coefficient (Wildman–Crippen LogP) is 2.02. The highest BCUT2D eigenvalue weighted by molar-refractivity contribution is 6.42. The van der Waals surface area contributed by atoms with E-state index < -0.39 is 5.97 Å². The van der Waals surface area contributed by atoms with Gasteiger partial charge < -0.3 is 16.6 Å². The number of anilines is 2. The highest BCUT2D eigenvalue weighted by Crippen LogP contribution is 2.23. The number of rotatable bonds is 2. The quantitative estimate of drug-likeness (QED) is 0.768. The van der Waals surface area contributed by atoms with Gasteiger partial charge in [-0.1, -0.05) is 29.3 Å². The molecule has 0 radical (unpaired) electrons. The molecule has 112 valence electrons. The molecule has 1 aromatic carbocycles. The van der Waals surface area contributed by atoms with Crippen molar-refractivity contribution in [3.63, 3.8) is 0 Å². The van der Waals surface area contributed by atoms with Gasteiger partial charge in [0.25, 0.3) is 5.97 Å². The summed E-state index contributed by atoms with van der Waals surface area (Å²) in [6.45, 7) is 1.08. The van der Waals surface area contributed by atoms with Gasteiger partial charge in [-0.05, 0) is 17.7 Å². The number of hydrogen-bond donors (Lipinski definition) is 3. The van der Waals surface area contributed by atoms with Crippen LogP contribution in [0.5, 0.6) is 0 Å². The number of halogens is 2. The molecule has 7 nitrogen and oxygen atoms in total. The summed E-state index contributed by atoms with van der Waals surface area (Å²) >= 11 is 11.7. The first-order valence-corrected chi connectivity index (χ1v) is 6.43. The van der Waals surface area contributed by atoms with Gasteiger partial charge in [0.2, 0.25) is 11.9 Å². The van der Waals surface area contributed by atoms with E-state index in [1.165, 1.54) is 0 Å². The van der Waals surface area contributed by atoms with Crippen LogP contribution in [0.25, 0.3) is 0 Å². The van der Waals surface area contributed by atoms with E-state index in [0.29, 0.717) is 22.3 Å². The number of nitrogens with zero attached hydrogens (tertiary/aromatic N) is 3. The van der Waals surface area contributed by atoms with Crippen LogP contribution >= 0.6 is 23.2 Å². The monoisotopic (exact) mass is 329 g/mol. The van der Waals surface area contributed by atoms with Crippen molar-refractivity contribution >= 4 is 41.1 Å². The molecule has 0 saturated carbocycles. The number of nitrogen functional groups attached to an aromatic ring is 2. The van der Waals surface area contributed by atoms with E-state index in [1.807, 2.05) is 6.07 Å². The Morgan fingerprint density at radius 3 is 2.14 bits per heavy atom. The molecule has 21 heavy (non-hydrogen) atoms. The molecule has 5 N–H and O–H groups in total. The Labute approximate surface area is 130 Å². The van der Waals surface area contributed by atoms with E-state index in [0.717, 1.165) is 12.5 Å². The molecule has 0 unspecified atom stereocenters. The molecule has 0 amide bonds. The van der Waals surface area contributed by atoms with Gasteiger partial charge >= 0.3 is 0 Å². The largest absolute Gasteiger partial charge is 0.481 e. The Morgan fingerprint density at radius 2 is 1.67 bits per heavy atom. The van der Waals surface area contributed by atoms with E-state index in [9.17, 15) is 0 Å². The Bertz CT molecular complexity index is 627. The summed E-state index contributed by atoms with van der Waals surface area (Å²) in [4.78, 5) is 20.7. The van der Waals surface area contributed by atoms with Gasteiger partial charge in [0.05, 0.1) is 10.0 Å². The number of hydrogen-bond acceptors (Lipinski definition) is 6. The molecule has 9 heteroatoms. The average molecular weight is 330 g/mol.